The van der Waals surface area contributed by atoms with E-state index in [-0.39, 0.29) is 11.1 Å². The van der Waals surface area contributed by atoms with E-state index in [0.29, 0.717) is 17.0 Å². The number of methoxy groups -OCH3 is 1. The molecule has 2 heterocycles. The second-order valence-corrected chi connectivity index (χ2v) is 8.60. The van der Waals surface area contributed by atoms with Crippen LogP contribution in [-0.4, -0.2) is 36.1 Å². The van der Waals surface area contributed by atoms with Gasteiger partial charge in [0.15, 0.2) is 0 Å². The van der Waals surface area contributed by atoms with Gasteiger partial charge in [0, 0.05) is 11.1 Å². The van der Waals surface area contributed by atoms with Crippen LogP contribution in [0.4, 0.5) is 5.69 Å². The fourth-order valence-corrected chi connectivity index (χ4v) is 5.45. The predicted octanol–water partition coefficient (Wildman–Crippen LogP) is 3.39. The third kappa shape index (κ3) is 2.50. The molecule has 7 heteroatoms. The average Bonchev–Trinajstić information content (AvgIpc) is 3.45. The van der Waals surface area contributed by atoms with Crippen molar-refractivity contribution in [3.8, 4) is 5.75 Å². The van der Waals surface area contributed by atoms with Gasteiger partial charge >= 0.3 is 0 Å². The van der Waals surface area contributed by atoms with Crippen molar-refractivity contribution in [2.45, 2.75) is 11.7 Å². The van der Waals surface area contributed by atoms with Crippen LogP contribution in [-0.2, 0) is 14.3 Å². The number of benzene rings is 3. The number of rotatable bonds is 3. The predicted molar refractivity (Wildman–Crippen MR) is 121 cm³/mol. The van der Waals surface area contributed by atoms with E-state index in [2.05, 4.69) is 0 Å². The number of hydrogen-bond acceptors (Lipinski definition) is 6. The molecule has 7 nitrogen and oxygen atoms in total. The zero-order valence-electron chi connectivity index (χ0n) is 18.1. The maximum absolute atomic E-state index is 13.8. The SMILES string of the molecule is COc1ccc(N2C(=O)[C@H]3[C@@H](C2=O)C2(O[C@H]3c3ccccc3)C(=O)c3ccccc3C2=O)cc1. The van der Waals surface area contributed by atoms with E-state index in [4.69, 9.17) is 9.47 Å². The highest BCUT2D eigenvalue weighted by molar-refractivity contribution is 6.37. The largest absolute Gasteiger partial charge is 0.497 e. The van der Waals surface area contributed by atoms with Crippen LogP contribution in [0.1, 0.15) is 32.4 Å². The van der Waals surface area contributed by atoms with Crippen LogP contribution in [0, 0.1) is 11.8 Å². The van der Waals surface area contributed by atoms with Gasteiger partial charge in [-0.25, -0.2) is 4.90 Å². The van der Waals surface area contributed by atoms with Crippen molar-refractivity contribution in [3.63, 3.8) is 0 Å². The van der Waals surface area contributed by atoms with Crippen LogP contribution in [0.25, 0.3) is 0 Å². The molecule has 2 saturated heterocycles. The number of carbonyl (C=O) groups is 4. The van der Waals surface area contributed by atoms with Gasteiger partial charge in [0.2, 0.25) is 29.0 Å². The topological polar surface area (TPSA) is 90.0 Å². The third-order valence-electron chi connectivity index (χ3n) is 6.98. The van der Waals surface area contributed by atoms with Crippen LogP contribution in [0.2, 0.25) is 0 Å². The van der Waals surface area contributed by atoms with E-state index in [0.717, 1.165) is 4.90 Å². The molecule has 3 atom stereocenters. The second-order valence-electron chi connectivity index (χ2n) is 8.60. The fraction of sp³-hybridized carbons (Fsp3) is 0.185. The standard InChI is InChI=1S/C27H19NO6/c1-33-17-13-11-16(12-14-17)28-25(31)20-21(26(28)32)27(34-22(20)15-7-3-2-4-8-15)23(29)18-9-5-6-10-19(18)24(27)30/h2-14,20-22H,1H3/t20-,21-,22-/m0/s1. The zero-order chi connectivity index (χ0) is 23.6. The third-order valence-corrected chi connectivity index (χ3v) is 6.98. The Morgan fingerprint density at radius 3 is 1.94 bits per heavy atom. The lowest BCUT2D eigenvalue weighted by Gasteiger charge is -2.27. The van der Waals surface area contributed by atoms with Crippen molar-refractivity contribution < 1.29 is 28.7 Å². The lowest BCUT2D eigenvalue weighted by molar-refractivity contribution is -0.127. The molecule has 34 heavy (non-hydrogen) atoms. The number of anilines is 1. The fourth-order valence-electron chi connectivity index (χ4n) is 5.45. The Bertz CT molecular complexity index is 1330. The van der Waals surface area contributed by atoms with Gasteiger partial charge in [0.05, 0.1) is 30.7 Å². The van der Waals surface area contributed by atoms with Crippen LogP contribution in [0.15, 0.2) is 78.9 Å². The van der Waals surface area contributed by atoms with Crippen LogP contribution < -0.4 is 9.64 Å². The Morgan fingerprint density at radius 2 is 1.35 bits per heavy atom. The molecule has 3 aromatic carbocycles. The molecule has 2 fully saturated rings. The Morgan fingerprint density at radius 1 is 0.765 bits per heavy atom. The molecule has 0 radical (unpaired) electrons. The summed E-state index contributed by atoms with van der Waals surface area (Å²) in [5, 5.41) is 0. The average molecular weight is 453 g/mol. The van der Waals surface area contributed by atoms with E-state index in [1.165, 1.54) is 7.11 Å². The normalized spacial score (nSPS) is 24.6. The summed E-state index contributed by atoms with van der Waals surface area (Å²) in [7, 11) is 1.52. The molecule has 168 valence electrons. The van der Waals surface area contributed by atoms with E-state index in [1.807, 2.05) is 6.07 Å². The van der Waals surface area contributed by atoms with Crippen molar-refractivity contribution in [2.24, 2.45) is 11.8 Å². The molecule has 2 aliphatic heterocycles. The Hall–Kier alpha value is -4.10. The van der Waals surface area contributed by atoms with Gasteiger partial charge in [0.25, 0.3) is 0 Å². The number of imide groups is 1. The van der Waals surface area contributed by atoms with Gasteiger partial charge in [-0.1, -0.05) is 54.6 Å². The quantitative estimate of drug-likeness (QED) is 0.446. The van der Waals surface area contributed by atoms with Crippen molar-refractivity contribution >= 4 is 29.1 Å². The lowest BCUT2D eigenvalue weighted by Crippen LogP contribution is -2.51. The highest BCUT2D eigenvalue weighted by Crippen LogP contribution is 2.57. The minimum Gasteiger partial charge on any atom is -0.497 e. The summed E-state index contributed by atoms with van der Waals surface area (Å²) in [4.78, 5) is 56.0. The Labute approximate surface area is 194 Å². The van der Waals surface area contributed by atoms with Crippen molar-refractivity contribution in [1.82, 2.24) is 0 Å². The summed E-state index contributed by atoms with van der Waals surface area (Å²) < 4.78 is 11.4. The molecule has 1 aliphatic carbocycles. The molecule has 0 N–H and O–H groups in total. The number of ketones is 2. The minimum atomic E-state index is -2.07. The van der Waals surface area contributed by atoms with Gasteiger partial charge in [-0.15, -0.1) is 0 Å². The number of ether oxygens (including phenoxy) is 2. The summed E-state index contributed by atoms with van der Waals surface area (Å²) >= 11 is 0. The van der Waals surface area contributed by atoms with Gasteiger partial charge in [-0.05, 0) is 29.8 Å². The minimum absolute atomic E-state index is 0.211. The first-order chi connectivity index (χ1) is 16.5. The molecule has 0 unspecified atom stereocenters. The maximum Gasteiger partial charge on any atom is 0.241 e. The summed E-state index contributed by atoms with van der Waals surface area (Å²) in [6.45, 7) is 0. The molecule has 2 amide bonds. The molecule has 3 aliphatic rings. The van der Waals surface area contributed by atoms with Crippen molar-refractivity contribution in [2.75, 3.05) is 12.0 Å². The van der Waals surface area contributed by atoms with E-state index in [1.54, 1.807) is 72.8 Å². The highest BCUT2D eigenvalue weighted by Gasteiger charge is 2.74. The van der Waals surface area contributed by atoms with Gasteiger partial charge in [-0.3, -0.25) is 19.2 Å². The van der Waals surface area contributed by atoms with Crippen LogP contribution >= 0.6 is 0 Å². The molecule has 0 aromatic heterocycles. The van der Waals surface area contributed by atoms with E-state index < -0.39 is 46.9 Å². The lowest BCUT2D eigenvalue weighted by atomic mass is 9.77. The Balaban J connectivity index is 1.52. The number of nitrogens with zero attached hydrogens (tertiary/aromatic N) is 1. The number of hydrogen-bond donors (Lipinski definition) is 0. The summed E-state index contributed by atoms with van der Waals surface area (Å²) in [5.74, 6) is -3.96. The van der Waals surface area contributed by atoms with Crippen molar-refractivity contribution in [3.05, 3.63) is 95.6 Å². The number of carbonyl (C=O) groups excluding carboxylic acids is 4. The monoisotopic (exact) mass is 453 g/mol. The van der Waals surface area contributed by atoms with E-state index in [9.17, 15) is 19.2 Å². The van der Waals surface area contributed by atoms with Gasteiger partial charge in [-0.2, -0.15) is 0 Å². The first kappa shape index (κ1) is 20.5. The number of Topliss-reactive ketones (excluding diaryl/α,β-unsaturated/α-hetero) is 2. The molecule has 6 rings (SSSR count). The highest BCUT2D eigenvalue weighted by atomic mass is 16.5. The molecular weight excluding hydrogens is 434 g/mol. The first-order valence-corrected chi connectivity index (χ1v) is 10.9. The zero-order valence-corrected chi connectivity index (χ0v) is 18.1. The van der Waals surface area contributed by atoms with Crippen LogP contribution in [0.5, 0.6) is 5.75 Å². The first-order valence-electron chi connectivity index (χ1n) is 10.9. The number of amides is 2. The molecular formula is C27H19NO6. The number of fused-ring (bicyclic) bond motifs is 3. The summed E-state index contributed by atoms with van der Waals surface area (Å²) in [6, 6.07) is 21.9. The van der Waals surface area contributed by atoms with Crippen molar-refractivity contribution in [1.29, 1.82) is 0 Å². The van der Waals surface area contributed by atoms with Gasteiger partial charge in [0.1, 0.15) is 5.75 Å². The molecule has 3 aromatic rings. The molecule has 0 saturated carbocycles. The second kappa shape index (κ2) is 7.20. The smallest absolute Gasteiger partial charge is 0.241 e. The summed E-state index contributed by atoms with van der Waals surface area (Å²) in [6.07, 6.45) is -0.923. The molecule has 1 spiro atoms. The van der Waals surface area contributed by atoms with Gasteiger partial charge < -0.3 is 9.47 Å². The molecule has 0 bridgehead atoms. The Kier molecular flexibility index (Phi) is 4.34. The summed E-state index contributed by atoms with van der Waals surface area (Å²) in [5.41, 5.74) is -0.666. The maximum atomic E-state index is 13.8. The van der Waals surface area contributed by atoms with Crippen LogP contribution in [0.3, 0.4) is 0 Å². The van der Waals surface area contributed by atoms with E-state index >= 15 is 0 Å².